The molecule has 0 aromatic heterocycles. The first-order chi connectivity index (χ1) is 16.4. The molecule has 5 unspecified atom stereocenters. The van der Waals surface area contributed by atoms with Gasteiger partial charge in [0.25, 0.3) is 0 Å². The van der Waals surface area contributed by atoms with E-state index >= 15 is 0 Å². The van der Waals surface area contributed by atoms with Crippen molar-refractivity contribution in [3.05, 3.63) is 29.3 Å². The van der Waals surface area contributed by atoms with Gasteiger partial charge in [-0.15, -0.1) is 0 Å². The molecule has 2 N–H and O–H groups in total. The van der Waals surface area contributed by atoms with E-state index < -0.39 is 5.97 Å². The SMILES string of the molecule is C1CO1.CCCCCC(CCC1C(O)CC2Cc3c(cccc3OCC(=O)O)CC21)OC(C)=O. The molecule has 0 bridgehead atoms. The molecular weight excluding hydrogens is 436 g/mol. The van der Waals surface area contributed by atoms with Crippen LogP contribution in [0.2, 0.25) is 0 Å². The molecule has 7 nitrogen and oxygen atoms in total. The number of unbranched alkanes of at least 4 members (excludes halogenated alkanes) is 2. The third-order valence-corrected chi connectivity index (χ3v) is 7.19. The summed E-state index contributed by atoms with van der Waals surface area (Å²) in [6.07, 6.45) is 7.90. The molecule has 0 radical (unpaired) electrons. The fraction of sp³-hybridized carbons (Fsp3) is 0.704. The molecule has 1 aromatic rings. The molecule has 1 saturated carbocycles. The first-order valence-corrected chi connectivity index (χ1v) is 12.8. The second-order valence-electron chi connectivity index (χ2n) is 9.79. The van der Waals surface area contributed by atoms with Crippen molar-refractivity contribution in [2.24, 2.45) is 17.8 Å². The number of carboxylic acids is 1. The summed E-state index contributed by atoms with van der Waals surface area (Å²) in [7, 11) is 0. The zero-order valence-corrected chi connectivity index (χ0v) is 20.5. The number of aliphatic carboxylic acids is 1. The minimum absolute atomic E-state index is 0.0674. The summed E-state index contributed by atoms with van der Waals surface area (Å²) in [6, 6.07) is 5.85. The molecule has 1 aromatic carbocycles. The summed E-state index contributed by atoms with van der Waals surface area (Å²) < 4.78 is 15.6. The number of epoxide rings is 1. The van der Waals surface area contributed by atoms with Crippen molar-refractivity contribution in [3.63, 3.8) is 0 Å². The van der Waals surface area contributed by atoms with Crippen LogP contribution in [0.4, 0.5) is 0 Å². The molecule has 190 valence electrons. The average molecular weight is 477 g/mol. The van der Waals surface area contributed by atoms with Gasteiger partial charge in [0.1, 0.15) is 11.9 Å². The Hall–Kier alpha value is -2.12. The summed E-state index contributed by atoms with van der Waals surface area (Å²) in [4.78, 5) is 22.4. The molecule has 1 aliphatic heterocycles. The van der Waals surface area contributed by atoms with E-state index in [1.807, 2.05) is 12.1 Å². The number of rotatable bonds is 11. The Morgan fingerprint density at radius 3 is 2.59 bits per heavy atom. The molecule has 7 heteroatoms. The van der Waals surface area contributed by atoms with E-state index in [1.54, 1.807) is 0 Å². The van der Waals surface area contributed by atoms with Crippen LogP contribution in [0.5, 0.6) is 5.75 Å². The second kappa shape index (κ2) is 13.1. The number of carbonyl (C=O) groups is 2. The van der Waals surface area contributed by atoms with Crippen molar-refractivity contribution in [1.82, 2.24) is 0 Å². The first kappa shape index (κ1) is 26.5. The molecule has 34 heavy (non-hydrogen) atoms. The summed E-state index contributed by atoms with van der Waals surface area (Å²) in [5.41, 5.74) is 2.29. The Balaban J connectivity index is 0.000000999. The van der Waals surface area contributed by atoms with E-state index in [1.165, 1.54) is 12.5 Å². The van der Waals surface area contributed by atoms with Gasteiger partial charge >= 0.3 is 11.9 Å². The number of hydrogen-bond donors (Lipinski definition) is 2. The summed E-state index contributed by atoms with van der Waals surface area (Å²) in [5, 5.41) is 19.8. The van der Waals surface area contributed by atoms with Crippen LogP contribution in [0, 0.1) is 17.8 Å². The van der Waals surface area contributed by atoms with Crippen LogP contribution >= 0.6 is 0 Å². The van der Waals surface area contributed by atoms with E-state index in [2.05, 4.69) is 17.7 Å². The molecule has 3 aliphatic rings. The largest absolute Gasteiger partial charge is 0.482 e. The van der Waals surface area contributed by atoms with Gasteiger partial charge in [-0.05, 0) is 79.9 Å². The van der Waals surface area contributed by atoms with Gasteiger partial charge in [0, 0.05) is 6.92 Å². The van der Waals surface area contributed by atoms with Gasteiger partial charge in [0.15, 0.2) is 6.61 Å². The van der Waals surface area contributed by atoms with E-state index in [0.29, 0.717) is 17.6 Å². The van der Waals surface area contributed by atoms with Gasteiger partial charge in [-0.2, -0.15) is 0 Å². The maximum atomic E-state index is 11.5. The number of carboxylic acid groups (broad SMARTS) is 1. The van der Waals surface area contributed by atoms with Gasteiger partial charge in [0.05, 0.1) is 19.3 Å². The highest BCUT2D eigenvalue weighted by Gasteiger charge is 2.45. The third-order valence-electron chi connectivity index (χ3n) is 7.19. The van der Waals surface area contributed by atoms with Crippen LogP contribution in [0.15, 0.2) is 18.2 Å². The lowest BCUT2D eigenvalue weighted by atomic mass is 9.73. The lowest BCUT2D eigenvalue weighted by Crippen LogP contribution is -2.28. The predicted octanol–water partition coefficient (Wildman–Crippen LogP) is 4.17. The normalized spacial score (nSPS) is 25.3. The number of hydrogen-bond acceptors (Lipinski definition) is 6. The van der Waals surface area contributed by atoms with Gasteiger partial charge in [-0.25, -0.2) is 4.79 Å². The Kier molecular flexibility index (Phi) is 10.2. The Bertz CT molecular complexity index is 803. The Labute approximate surface area is 202 Å². The number of aliphatic hydroxyl groups excluding tert-OH is 1. The fourth-order valence-corrected chi connectivity index (χ4v) is 5.58. The quantitative estimate of drug-likeness (QED) is 0.280. The molecule has 1 heterocycles. The van der Waals surface area contributed by atoms with Crippen LogP contribution in [-0.4, -0.2) is 54.2 Å². The highest BCUT2D eigenvalue weighted by atomic mass is 16.6. The summed E-state index contributed by atoms with van der Waals surface area (Å²) >= 11 is 0. The maximum Gasteiger partial charge on any atom is 0.341 e. The monoisotopic (exact) mass is 476 g/mol. The van der Waals surface area contributed by atoms with Crippen molar-refractivity contribution in [2.75, 3.05) is 19.8 Å². The maximum absolute atomic E-state index is 11.5. The minimum atomic E-state index is -0.982. The minimum Gasteiger partial charge on any atom is -0.482 e. The zero-order chi connectivity index (χ0) is 24.5. The van der Waals surface area contributed by atoms with Crippen LogP contribution in [0.25, 0.3) is 0 Å². The lowest BCUT2D eigenvalue weighted by molar-refractivity contribution is -0.147. The van der Waals surface area contributed by atoms with Crippen molar-refractivity contribution >= 4 is 11.9 Å². The predicted molar refractivity (Wildman–Crippen MR) is 128 cm³/mol. The molecule has 5 atom stereocenters. The molecule has 1 saturated heterocycles. The van der Waals surface area contributed by atoms with Gasteiger partial charge in [0.2, 0.25) is 0 Å². The third kappa shape index (κ3) is 7.98. The number of benzene rings is 1. The van der Waals surface area contributed by atoms with Crippen molar-refractivity contribution in [2.45, 2.75) is 83.8 Å². The highest BCUT2D eigenvalue weighted by molar-refractivity contribution is 5.68. The van der Waals surface area contributed by atoms with Crippen LogP contribution in [0.3, 0.4) is 0 Å². The molecule has 2 fully saturated rings. The number of esters is 1. The second-order valence-corrected chi connectivity index (χ2v) is 9.79. The van der Waals surface area contributed by atoms with E-state index in [9.17, 15) is 14.7 Å². The molecule has 0 spiro atoms. The Morgan fingerprint density at radius 2 is 1.94 bits per heavy atom. The van der Waals surface area contributed by atoms with Gasteiger partial charge in [-0.3, -0.25) is 4.79 Å². The van der Waals surface area contributed by atoms with E-state index in [-0.39, 0.29) is 30.7 Å². The summed E-state index contributed by atoms with van der Waals surface area (Å²) in [6.45, 7) is 5.29. The zero-order valence-electron chi connectivity index (χ0n) is 20.5. The number of carbonyl (C=O) groups excluding carboxylic acids is 1. The van der Waals surface area contributed by atoms with Gasteiger partial charge < -0.3 is 24.4 Å². The molecule has 2 aliphatic carbocycles. The van der Waals surface area contributed by atoms with E-state index in [0.717, 1.165) is 76.6 Å². The highest BCUT2D eigenvalue weighted by Crippen LogP contribution is 2.48. The Morgan fingerprint density at radius 1 is 1.18 bits per heavy atom. The number of aliphatic hydroxyl groups is 1. The van der Waals surface area contributed by atoms with Crippen molar-refractivity contribution < 1.29 is 34.0 Å². The molecule has 0 amide bonds. The van der Waals surface area contributed by atoms with Crippen LogP contribution in [-0.2, 0) is 31.9 Å². The molecule has 4 rings (SSSR count). The summed E-state index contributed by atoms with van der Waals surface area (Å²) in [5.74, 6) is 0.407. The average Bonchev–Trinajstić information content (AvgIpc) is 3.64. The van der Waals surface area contributed by atoms with Crippen molar-refractivity contribution in [3.8, 4) is 5.75 Å². The van der Waals surface area contributed by atoms with Crippen LogP contribution in [0.1, 0.15) is 69.9 Å². The topological polar surface area (TPSA) is 106 Å². The van der Waals surface area contributed by atoms with Crippen LogP contribution < -0.4 is 4.74 Å². The van der Waals surface area contributed by atoms with Crippen molar-refractivity contribution in [1.29, 1.82) is 0 Å². The smallest absolute Gasteiger partial charge is 0.341 e. The fourth-order valence-electron chi connectivity index (χ4n) is 5.58. The number of ether oxygens (including phenoxy) is 3. The first-order valence-electron chi connectivity index (χ1n) is 12.8. The van der Waals surface area contributed by atoms with Gasteiger partial charge in [-0.1, -0.05) is 31.9 Å². The number of fused-ring (bicyclic) bond motifs is 2. The lowest BCUT2D eigenvalue weighted by Gasteiger charge is -2.32. The molecular formula is C27H40O7. The van der Waals surface area contributed by atoms with E-state index in [4.69, 9.17) is 14.6 Å². The standard InChI is InChI=1S/C25H36O6.C2H4O/c1-3-4-5-8-19(31-16(2)26)10-11-20-21-12-17-7-6-9-24(30-15-25(28)29)22(17)13-18(21)14-23(20)27;1-2-3-1/h6-7,9,18-21,23,27H,3-5,8,10-15H2,1-2H3,(H,28,29);1-2H2.